The Morgan fingerprint density at radius 3 is 2.48 bits per heavy atom. The van der Waals surface area contributed by atoms with Crippen molar-refractivity contribution in [1.29, 1.82) is 0 Å². The summed E-state index contributed by atoms with van der Waals surface area (Å²) in [6, 6.07) is 13.3. The van der Waals surface area contributed by atoms with Gasteiger partial charge in [0.05, 0.1) is 11.3 Å². The molecule has 0 unspecified atom stereocenters. The van der Waals surface area contributed by atoms with Crippen LogP contribution in [0.4, 0.5) is 23.0 Å². The van der Waals surface area contributed by atoms with Crippen LogP contribution in [0.5, 0.6) is 0 Å². The van der Waals surface area contributed by atoms with Crippen LogP contribution in [0.15, 0.2) is 48.7 Å². The first-order chi connectivity index (χ1) is 14.0. The number of pyridine rings is 2. The highest BCUT2D eigenvalue weighted by Gasteiger charge is 2.30. The molecule has 1 aliphatic heterocycles. The summed E-state index contributed by atoms with van der Waals surface area (Å²) in [6.07, 6.45) is 3.46. The van der Waals surface area contributed by atoms with Crippen molar-refractivity contribution in [3.63, 3.8) is 0 Å². The summed E-state index contributed by atoms with van der Waals surface area (Å²) in [4.78, 5) is 25.8. The van der Waals surface area contributed by atoms with E-state index in [2.05, 4.69) is 9.97 Å². The largest absolute Gasteiger partial charge is 0.399 e. The zero-order valence-corrected chi connectivity index (χ0v) is 17.1. The number of hydrogen-bond acceptors (Lipinski definition) is 5. The summed E-state index contributed by atoms with van der Waals surface area (Å²) in [5.74, 6) is 1.13. The van der Waals surface area contributed by atoms with Gasteiger partial charge in [-0.1, -0.05) is 23.7 Å². The molecule has 6 nitrogen and oxygen atoms in total. The fraction of sp³-hybridized carbons (Fsp3) is 0.227. The molecular formula is C22H22ClN5O. The molecule has 4 rings (SSSR count). The number of amides is 1. The van der Waals surface area contributed by atoms with E-state index in [1.807, 2.05) is 54.4 Å². The molecule has 0 bridgehead atoms. The number of fused-ring (bicyclic) bond motifs is 2. The van der Waals surface area contributed by atoms with Crippen molar-refractivity contribution in [2.24, 2.45) is 0 Å². The first-order valence-electron chi connectivity index (χ1n) is 9.53. The minimum absolute atomic E-state index is 0.108. The van der Waals surface area contributed by atoms with Gasteiger partial charge in [-0.25, -0.2) is 9.97 Å². The molecule has 0 aliphatic carbocycles. The molecule has 0 spiro atoms. The number of aromatic nitrogens is 2. The zero-order valence-electron chi connectivity index (χ0n) is 16.4. The monoisotopic (exact) mass is 407 g/mol. The number of anilines is 4. The third-order valence-corrected chi connectivity index (χ3v) is 5.36. The summed E-state index contributed by atoms with van der Waals surface area (Å²) in [5.41, 5.74) is 9.99. The number of benzene rings is 1. The van der Waals surface area contributed by atoms with Crippen LogP contribution in [0.1, 0.15) is 28.4 Å². The molecule has 0 saturated heterocycles. The van der Waals surface area contributed by atoms with Gasteiger partial charge in [0.15, 0.2) is 5.82 Å². The number of halogens is 1. The summed E-state index contributed by atoms with van der Waals surface area (Å²) >= 11 is 6.13. The van der Waals surface area contributed by atoms with E-state index in [0.717, 1.165) is 24.1 Å². The number of carbonyl (C=O) groups excluding carboxylic acids is 1. The van der Waals surface area contributed by atoms with Crippen LogP contribution in [-0.2, 0) is 12.8 Å². The number of hydrogen-bond donors (Lipinski definition) is 1. The van der Waals surface area contributed by atoms with Gasteiger partial charge < -0.3 is 15.5 Å². The molecule has 2 N–H and O–H groups in total. The van der Waals surface area contributed by atoms with Crippen molar-refractivity contribution in [3.8, 4) is 0 Å². The average molecular weight is 408 g/mol. The molecule has 0 fully saturated rings. The molecule has 1 aromatic carbocycles. The van der Waals surface area contributed by atoms with Crippen LogP contribution in [0, 0.1) is 0 Å². The minimum Gasteiger partial charge on any atom is -0.399 e. The molecule has 148 valence electrons. The van der Waals surface area contributed by atoms with Gasteiger partial charge in [0.1, 0.15) is 11.0 Å². The fourth-order valence-corrected chi connectivity index (χ4v) is 3.69. The Hall–Kier alpha value is -3.12. The van der Waals surface area contributed by atoms with Crippen LogP contribution in [0.25, 0.3) is 0 Å². The van der Waals surface area contributed by atoms with E-state index >= 15 is 0 Å². The maximum absolute atomic E-state index is 13.2. The molecule has 3 aromatic rings. The molecule has 0 saturated carbocycles. The normalized spacial score (nSPS) is 13.1. The van der Waals surface area contributed by atoms with E-state index in [1.54, 1.807) is 18.0 Å². The van der Waals surface area contributed by atoms with E-state index in [1.165, 1.54) is 5.56 Å². The van der Waals surface area contributed by atoms with Gasteiger partial charge in [-0.2, -0.15) is 0 Å². The van der Waals surface area contributed by atoms with Crippen molar-refractivity contribution in [2.45, 2.75) is 19.8 Å². The molecule has 7 heteroatoms. The number of nitrogens with zero attached hydrogens (tertiary/aromatic N) is 4. The Balaban J connectivity index is 1.70. The highest BCUT2D eigenvalue weighted by atomic mass is 35.5. The third kappa shape index (κ3) is 3.63. The van der Waals surface area contributed by atoms with Crippen molar-refractivity contribution < 1.29 is 4.79 Å². The second-order valence-corrected chi connectivity index (χ2v) is 7.43. The van der Waals surface area contributed by atoms with Crippen LogP contribution < -0.4 is 15.5 Å². The fourth-order valence-electron chi connectivity index (χ4n) is 3.55. The SMILES string of the molecule is CCN1c2ncc(CCc3ccc(N)cc3)cc2C(=O)N(C)c2ccc(Cl)nc21. The summed E-state index contributed by atoms with van der Waals surface area (Å²) in [7, 11) is 1.75. The second kappa shape index (κ2) is 7.72. The lowest BCUT2D eigenvalue weighted by atomic mass is 10.0. The maximum Gasteiger partial charge on any atom is 0.261 e. The zero-order chi connectivity index (χ0) is 20.5. The maximum atomic E-state index is 13.2. The van der Waals surface area contributed by atoms with Gasteiger partial charge in [-0.3, -0.25) is 4.79 Å². The van der Waals surface area contributed by atoms with Gasteiger partial charge in [0, 0.05) is 25.5 Å². The number of aryl methyl sites for hydroxylation is 2. The van der Waals surface area contributed by atoms with Gasteiger partial charge in [-0.05, 0) is 61.2 Å². The highest BCUT2D eigenvalue weighted by Crippen LogP contribution is 2.38. The van der Waals surface area contributed by atoms with Crippen molar-refractivity contribution >= 4 is 40.5 Å². The predicted octanol–water partition coefficient (Wildman–Crippen LogP) is 4.25. The second-order valence-electron chi connectivity index (χ2n) is 7.04. The predicted molar refractivity (Wildman–Crippen MR) is 117 cm³/mol. The Morgan fingerprint density at radius 2 is 1.76 bits per heavy atom. The quantitative estimate of drug-likeness (QED) is 0.517. The lowest BCUT2D eigenvalue weighted by Crippen LogP contribution is -2.25. The molecule has 0 radical (unpaired) electrons. The first-order valence-corrected chi connectivity index (χ1v) is 9.91. The highest BCUT2D eigenvalue weighted by molar-refractivity contribution is 6.29. The van der Waals surface area contributed by atoms with Crippen molar-refractivity contribution in [2.75, 3.05) is 29.1 Å². The molecule has 1 aliphatic rings. The van der Waals surface area contributed by atoms with Crippen LogP contribution in [0.3, 0.4) is 0 Å². The Kier molecular flexibility index (Phi) is 5.11. The van der Waals surface area contributed by atoms with E-state index in [9.17, 15) is 4.79 Å². The summed E-state index contributed by atoms with van der Waals surface area (Å²) in [5, 5.41) is 0.381. The van der Waals surface area contributed by atoms with Gasteiger partial charge in [0.25, 0.3) is 5.91 Å². The molecule has 1 amide bonds. The van der Waals surface area contributed by atoms with Crippen LogP contribution in [0.2, 0.25) is 5.15 Å². The molecular weight excluding hydrogens is 386 g/mol. The van der Waals surface area contributed by atoms with Gasteiger partial charge >= 0.3 is 0 Å². The number of nitrogens with two attached hydrogens (primary N) is 1. The van der Waals surface area contributed by atoms with Gasteiger partial charge in [0.2, 0.25) is 0 Å². The van der Waals surface area contributed by atoms with Crippen LogP contribution in [-0.4, -0.2) is 29.5 Å². The topological polar surface area (TPSA) is 75.4 Å². The first kappa shape index (κ1) is 19.2. The summed E-state index contributed by atoms with van der Waals surface area (Å²) in [6.45, 7) is 2.62. The lowest BCUT2D eigenvalue weighted by Gasteiger charge is -2.23. The van der Waals surface area contributed by atoms with Gasteiger partial charge in [-0.15, -0.1) is 0 Å². The number of rotatable bonds is 4. The minimum atomic E-state index is -0.108. The lowest BCUT2D eigenvalue weighted by molar-refractivity contribution is 0.0994. The van der Waals surface area contributed by atoms with Crippen LogP contribution >= 0.6 is 11.6 Å². The number of nitrogen functional groups attached to an aromatic ring is 1. The number of carbonyl (C=O) groups is 1. The Morgan fingerprint density at radius 1 is 1.03 bits per heavy atom. The van der Waals surface area contributed by atoms with E-state index < -0.39 is 0 Å². The Labute approximate surface area is 174 Å². The molecule has 2 aromatic heterocycles. The average Bonchev–Trinajstić information content (AvgIpc) is 2.81. The molecule has 29 heavy (non-hydrogen) atoms. The summed E-state index contributed by atoms with van der Waals surface area (Å²) < 4.78 is 0. The van der Waals surface area contributed by atoms with Crippen molar-refractivity contribution in [1.82, 2.24) is 9.97 Å². The van der Waals surface area contributed by atoms with Crippen molar-refractivity contribution in [3.05, 3.63) is 70.5 Å². The third-order valence-electron chi connectivity index (χ3n) is 5.15. The smallest absolute Gasteiger partial charge is 0.261 e. The van der Waals surface area contributed by atoms with E-state index in [-0.39, 0.29) is 5.91 Å². The van der Waals surface area contributed by atoms with E-state index in [0.29, 0.717) is 34.6 Å². The standard InChI is InChI=1S/C22H22ClN5O/c1-3-28-20-17(22(29)27(2)18-10-11-19(23)26-21(18)28)12-15(13-25-20)5-4-14-6-8-16(24)9-7-14/h6-13H,3-5,24H2,1-2H3. The Bertz CT molecular complexity index is 1070. The molecule has 0 atom stereocenters. The van der Waals surface area contributed by atoms with E-state index in [4.69, 9.17) is 17.3 Å². The molecule has 3 heterocycles.